The van der Waals surface area contributed by atoms with Crippen LogP contribution < -0.4 is 0 Å². The fourth-order valence-electron chi connectivity index (χ4n) is 2.14. The van der Waals surface area contributed by atoms with Gasteiger partial charge in [-0.2, -0.15) is 0 Å². The molecule has 0 unspecified atom stereocenters. The Kier molecular flexibility index (Phi) is 4.54. The van der Waals surface area contributed by atoms with E-state index in [0.29, 0.717) is 19.7 Å². The zero-order valence-corrected chi connectivity index (χ0v) is 12.8. The standard InChI is InChI=1S/C17H21NO3/c1-5-13-6-8-14(9-7-13)15-12-18(10-11-20-15)16(19)21-17(2,3)4/h1,6-9,15H,10-12H2,2-4H3/t15-/m1/s1. The third-order valence-corrected chi connectivity index (χ3v) is 3.17. The van der Waals surface area contributed by atoms with E-state index in [1.165, 1.54) is 0 Å². The van der Waals surface area contributed by atoms with Gasteiger partial charge >= 0.3 is 6.09 Å². The van der Waals surface area contributed by atoms with Crippen LogP contribution in [0.15, 0.2) is 24.3 Å². The Morgan fingerprint density at radius 1 is 1.38 bits per heavy atom. The summed E-state index contributed by atoms with van der Waals surface area (Å²) in [6.45, 7) is 7.13. The molecule has 1 amide bonds. The van der Waals surface area contributed by atoms with E-state index < -0.39 is 5.60 Å². The molecular weight excluding hydrogens is 266 g/mol. The maximum Gasteiger partial charge on any atom is 0.410 e. The van der Waals surface area contributed by atoms with Crippen molar-refractivity contribution in [2.45, 2.75) is 32.5 Å². The summed E-state index contributed by atoms with van der Waals surface area (Å²) in [7, 11) is 0. The maximum atomic E-state index is 12.1. The second-order valence-corrected chi connectivity index (χ2v) is 6.05. The van der Waals surface area contributed by atoms with E-state index in [9.17, 15) is 4.79 Å². The number of carbonyl (C=O) groups is 1. The molecule has 0 aliphatic carbocycles. The number of amides is 1. The van der Waals surface area contributed by atoms with E-state index in [0.717, 1.165) is 11.1 Å². The van der Waals surface area contributed by atoms with Crippen LogP contribution in [0.1, 0.15) is 38.0 Å². The van der Waals surface area contributed by atoms with Gasteiger partial charge in [0, 0.05) is 12.1 Å². The van der Waals surface area contributed by atoms with Crippen molar-refractivity contribution in [3.63, 3.8) is 0 Å². The zero-order chi connectivity index (χ0) is 15.5. The highest BCUT2D eigenvalue weighted by Gasteiger charge is 2.28. The second kappa shape index (κ2) is 6.19. The van der Waals surface area contributed by atoms with Gasteiger partial charge in [0.2, 0.25) is 0 Å². The minimum absolute atomic E-state index is 0.141. The Morgan fingerprint density at radius 3 is 2.62 bits per heavy atom. The van der Waals surface area contributed by atoms with E-state index in [4.69, 9.17) is 15.9 Å². The van der Waals surface area contributed by atoms with Crippen molar-refractivity contribution in [2.75, 3.05) is 19.7 Å². The molecule has 0 bridgehead atoms. The lowest BCUT2D eigenvalue weighted by atomic mass is 10.1. The van der Waals surface area contributed by atoms with Crippen molar-refractivity contribution in [3.8, 4) is 12.3 Å². The van der Waals surface area contributed by atoms with Crippen molar-refractivity contribution in [1.29, 1.82) is 0 Å². The van der Waals surface area contributed by atoms with Gasteiger partial charge in [-0.25, -0.2) is 4.79 Å². The summed E-state index contributed by atoms with van der Waals surface area (Å²) < 4.78 is 11.1. The van der Waals surface area contributed by atoms with E-state index in [2.05, 4.69) is 5.92 Å². The maximum absolute atomic E-state index is 12.1. The van der Waals surface area contributed by atoms with Crippen LogP contribution in [0.5, 0.6) is 0 Å². The van der Waals surface area contributed by atoms with Gasteiger partial charge < -0.3 is 14.4 Å². The van der Waals surface area contributed by atoms with Gasteiger partial charge in [0.15, 0.2) is 0 Å². The highest BCUT2D eigenvalue weighted by atomic mass is 16.6. The lowest BCUT2D eigenvalue weighted by Gasteiger charge is -2.34. The molecule has 4 nitrogen and oxygen atoms in total. The molecule has 1 fully saturated rings. The lowest BCUT2D eigenvalue weighted by molar-refractivity contribution is -0.0432. The molecule has 0 N–H and O–H groups in total. The van der Waals surface area contributed by atoms with Crippen LogP contribution >= 0.6 is 0 Å². The molecule has 1 aromatic carbocycles. The first-order valence-corrected chi connectivity index (χ1v) is 7.05. The van der Waals surface area contributed by atoms with Crippen molar-refractivity contribution in [2.24, 2.45) is 0 Å². The number of terminal acetylenes is 1. The van der Waals surface area contributed by atoms with Crippen LogP contribution in [0, 0.1) is 12.3 Å². The van der Waals surface area contributed by atoms with Crippen LogP contribution in [0.2, 0.25) is 0 Å². The number of rotatable bonds is 1. The van der Waals surface area contributed by atoms with Gasteiger partial charge in [-0.3, -0.25) is 0 Å². The minimum atomic E-state index is -0.487. The first-order valence-electron chi connectivity index (χ1n) is 7.05. The molecule has 0 aromatic heterocycles. The number of hydrogen-bond acceptors (Lipinski definition) is 3. The Morgan fingerprint density at radius 2 is 2.05 bits per heavy atom. The third kappa shape index (κ3) is 4.24. The summed E-state index contributed by atoms with van der Waals surface area (Å²) in [5.41, 5.74) is 1.36. The molecule has 1 aromatic rings. The molecule has 1 aliphatic heterocycles. The van der Waals surface area contributed by atoms with Crippen LogP contribution in [-0.4, -0.2) is 36.3 Å². The number of nitrogens with zero attached hydrogens (tertiary/aromatic N) is 1. The summed E-state index contributed by atoms with van der Waals surface area (Å²) in [6, 6.07) is 7.65. The van der Waals surface area contributed by atoms with Crippen LogP contribution in [0.25, 0.3) is 0 Å². The summed E-state index contributed by atoms with van der Waals surface area (Å²) in [6.07, 6.45) is 4.91. The molecule has 1 atom stereocenters. The lowest BCUT2D eigenvalue weighted by Crippen LogP contribution is -2.44. The van der Waals surface area contributed by atoms with E-state index in [1.54, 1.807) is 4.90 Å². The van der Waals surface area contributed by atoms with Crippen LogP contribution in [0.3, 0.4) is 0 Å². The van der Waals surface area contributed by atoms with Gasteiger partial charge in [-0.1, -0.05) is 18.1 Å². The predicted molar refractivity (Wildman–Crippen MR) is 80.9 cm³/mol. The molecule has 1 saturated heterocycles. The molecule has 1 heterocycles. The molecule has 21 heavy (non-hydrogen) atoms. The normalized spacial score (nSPS) is 19.0. The van der Waals surface area contributed by atoms with Gasteiger partial charge in [0.1, 0.15) is 11.7 Å². The average molecular weight is 287 g/mol. The number of ether oxygens (including phenoxy) is 2. The Bertz CT molecular complexity index is 537. The molecule has 0 saturated carbocycles. The fourth-order valence-corrected chi connectivity index (χ4v) is 2.14. The first kappa shape index (κ1) is 15.4. The average Bonchev–Trinajstić information content (AvgIpc) is 2.46. The quantitative estimate of drug-likeness (QED) is 0.745. The number of hydrogen-bond donors (Lipinski definition) is 0. The molecule has 0 radical (unpaired) electrons. The highest BCUT2D eigenvalue weighted by Crippen LogP contribution is 2.23. The monoisotopic (exact) mass is 287 g/mol. The largest absolute Gasteiger partial charge is 0.444 e. The van der Waals surface area contributed by atoms with Crippen molar-refractivity contribution in [1.82, 2.24) is 4.90 Å². The zero-order valence-electron chi connectivity index (χ0n) is 12.8. The van der Waals surface area contributed by atoms with E-state index in [1.807, 2.05) is 45.0 Å². The minimum Gasteiger partial charge on any atom is -0.444 e. The van der Waals surface area contributed by atoms with E-state index >= 15 is 0 Å². The van der Waals surface area contributed by atoms with E-state index in [-0.39, 0.29) is 12.2 Å². The summed E-state index contributed by atoms with van der Waals surface area (Å²) >= 11 is 0. The summed E-state index contributed by atoms with van der Waals surface area (Å²) in [5.74, 6) is 2.58. The molecule has 1 aliphatic rings. The molecule has 112 valence electrons. The van der Waals surface area contributed by atoms with Crippen LogP contribution in [-0.2, 0) is 9.47 Å². The molecule has 4 heteroatoms. The van der Waals surface area contributed by atoms with Gasteiger partial charge in [-0.15, -0.1) is 6.42 Å². The number of carbonyl (C=O) groups excluding carboxylic acids is 1. The van der Waals surface area contributed by atoms with Crippen LogP contribution in [0.4, 0.5) is 4.79 Å². The Balaban J connectivity index is 2.03. The fraction of sp³-hybridized carbons (Fsp3) is 0.471. The van der Waals surface area contributed by atoms with Gasteiger partial charge in [0.25, 0.3) is 0 Å². The summed E-state index contributed by atoms with van der Waals surface area (Å²) in [5, 5.41) is 0. The van der Waals surface area contributed by atoms with Crippen molar-refractivity contribution < 1.29 is 14.3 Å². The molecular formula is C17H21NO3. The topological polar surface area (TPSA) is 38.8 Å². The predicted octanol–water partition coefficient (Wildman–Crippen LogP) is 2.98. The highest BCUT2D eigenvalue weighted by molar-refractivity contribution is 5.68. The smallest absolute Gasteiger partial charge is 0.410 e. The Hall–Kier alpha value is -1.99. The number of benzene rings is 1. The third-order valence-electron chi connectivity index (χ3n) is 3.17. The molecule has 0 spiro atoms. The second-order valence-electron chi connectivity index (χ2n) is 6.05. The van der Waals surface area contributed by atoms with Crippen molar-refractivity contribution >= 4 is 6.09 Å². The van der Waals surface area contributed by atoms with Crippen molar-refractivity contribution in [3.05, 3.63) is 35.4 Å². The molecule has 2 rings (SSSR count). The number of morpholine rings is 1. The SMILES string of the molecule is C#Cc1ccc([C@H]2CN(C(=O)OC(C)(C)C)CCO2)cc1. The van der Waals surface area contributed by atoms with Gasteiger partial charge in [-0.05, 0) is 38.5 Å². The Labute approximate surface area is 126 Å². The first-order chi connectivity index (χ1) is 9.89. The van der Waals surface area contributed by atoms with Gasteiger partial charge in [0.05, 0.1) is 13.2 Å². The summed E-state index contributed by atoms with van der Waals surface area (Å²) in [4.78, 5) is 13.8.